The fourth-order valence-electron chi connectivity index (χ4n) is 2.45. The fraction of sp³-hybridized carbons (Fsp3) is 0.188. The van der Waals surface area contributed by atoms with Gasteiger partial charge in [-0.15, -0.1) is 0 Å². The van der Waals surface area contributed by atoms with E-state index in [1.165, 1.54) is 17.7 Å². The van der Waals surface area contributed by atoms with Crippen LogP contribution in [-0.2, 0) is 13.0 Å². The zero-order valence-corrected chi connectivity index (χ0v) is 10.6. The molecule has 0 fully saturated rings. The molecule has 1 N–H and O–H groups in total. The van der Waals surface area contributed by atoms with Gasteiger partial charge in [0.05, 0.1) is 0 Å². The molecule has 0 aliphatic carbocycles. The maximum absolute atomic E-state index is 12.8. The molecule has 96 valence electrons. The maximum Gasteiger partial charge on any atom is 0.128 e. The monoisotopic (exact) mass is 254 g/mol. The van der Waals surface area contributed by atoms with Gasteiger partial charge in [0.15, 0.2) is 0 Å². The Kier molecular flexibility index (Phi) is 3.03. The number of nitrogens with zero attached hydrogens (tertiary/aromatic N) is 1. The molecule has 2 aromatic carbocycles. The average Bonchev–Trinajstić information content (AvgIpc) is 2.76. The van der Waals surface area contributed by atoms with Crippen LogP contribution in [0.15, 0.2) is 48.5 Å². The van der Waals surface area contributed by atoms with Gasteiger partial charge < -0.3 is 4.90 Å². The van der Waals surface area contributed by atoms with Crippen LogP contribution in [0.4, 0.5) is 4.39 Å². The summed E-state index contributed by atoms with van der Waals surface area (Å²) in [6.07, 6.45) is 0.830. The van der Waals surface area contributed by atoms with E-state index in [1.54, 1.807) is 0 Å². The smallest absolute Gasteiger partial charge is 0.128 e. The van der Waals surface area contributed by atoms with Crippen molar-refractivity contribution in [3.63, 3.8) is 0 Å². The van der Waals surface area contributed by atoms with Crippen molar-refractivity contribution in [3.8, 4) is 0 Å². The number of hydrogen-bond acceptors (Lipinski definition) is 1. The fourth-order valence-corrected chi connectivity index (χ4v) is 2.45. The van der Waals surface area contributed by atoms with Crippen LogP contribution >= 0.6 is 0 Å². The van der Waals surface area contributed by atoms with Gasteiger partial charge >= 0.3 is 0 Å². The molecule has 19 heavy (non-hydrogen) atoms. The Morgan fingerprint density at radius 3 is 2.53 bits per heavy atom. The molecule has 0 aromatic heterocycles. The molecule has 3 rings (SSSR count). The van der Waals surface area contributed by atoms with E-state index in [2.05, 4.69) is 11.0 Å². The van der Waals surface area contributed by atoms with Gasteiger partial charge in [0, 0.05) is 18.7 Å². The van der Waals surface area contributed by atoms with E-state index in [-0.39, 0.29) is 5.82 Å². The van der Waals surface area contributed by atoms with E-state index in [4.69, 9.17) is 5.41 Å². The van der Waals surface area contributed by atoms with Crippen molar-refractivity contribution >= 4 is 5.84 Å². The summed E-state index contributed by atoms with van der Waals surface area (Å²) in [4.78, 5) is 2.06. The summed E-state index contributed by atoms with van der Waals surface area (Å²) in [6.45, 7) is 1.59. The minimum atomic E-state index is -0.204. The maximum atomic E-state index is 12.8. The average molecular weight is 254 g/mol. The standard InChI is InChI=1S/C16H15FN2/c17-14-7-5-12(6-8-14)9-10-19-11-13-3-1-2-4-15(13)16(19)18/h1-8,18H,9-11H2. The first-order valence-corrected chi connectivity index (χ1v) is 6.40. The van der Waals surface area contributed by atoms with E-state index in [1.807, 2.05) is 30.3 Å². The van der Waals surface area contributed by atoms with Crippen molar-refractivity contribution in [1.29, 1.82) is 5.41 Å². The third kappa shape index (κ3) is 2.36. The molecule has 0 spiro atoms. The summed E-state index contributed by atoms with van der Waals surface area (Å²) >= 11 is 0. The van der Waals surface area contributed by atoms with E-state index in [0.717, 1.165) is 30.6 Å². The molecule has 2 aromatic rings. The summed E-state index contributed by atoms with van der Waals surface area (Å²) in [6, 6.07) is 14.6. The van der Waals surface area contributed by atoms with Crippen LogP contribution in [0.1, 0.15) is 16.7 Å². The Bertz CT molecular complexity index is 604. The van der Waals surface area contributed by atoms with Crippen LogP contribution in [0.2, 0.25) is 0 Å². The highest BCUT2D eigenvalue weighted by Gasteiger charge is 2.22. The first-order chi connectivity index (χ1) is 9.24. The van der Waals surface area contributed by atoms with E-state index < -0.39 is 0 Å². The molecule has 2 nitrogen and oxygen atoms in total. The molecular formula is C16H15FN2. The number of nitrogens with one attached hydrogen (secondary N) is 1. The lowest BCUT2D eigenvalue weighted by Crippen LogP contribution is -2.26. The first-order valence-electron chi connectivity index (χ1n) is 6.40. The molecular weight excluding hydrogens is 239 g/mol. The van der Waals surface area contributed by atoms with E-state index in [9.17, 15) is 4.39 Å². The normalized spacial score (nSPS) is 13.7. The Balaban J connectivity index is 1.67. The molecule has 3 heteroatoms. The van der Waals surface area contributed by atoms with Gasteiger partial charge in [-0.05, 0) is 29.7 Å². The summed E-state index contributed by atoms with van der Waals surface area (Å²) in [5.74, 6) is 0.391. The third-order valence-electron chi connectivity index (χ3n) is 3.53. The largest absolute Gasteiger partial charge is 0.352 e. The van der Waals surface area contributed by atoms with Crippen molar-refractivity contribution in [2.75, 3.05) is 6.54 Å². The summed E-state index contributed by atoms with van der Waals surface area (Å²) < 4.78 is 12.8. The molecule has 1 aliphatic heterocycles. The van der Waals surface area contributed by atoms with Crippen LogP contribution in [0.5, 0.6) is 0 Å². The number of amidine groups is 1. The third-order valence-corrected chi connectivity index (χ3v) is 3.53. The van der Waals surface area contributed by atoms with Crippen LogP contribution < -0.4 is 0 Å². The molecule has 1 aliphatic rings. The summed E-state index contributed by atoms with van der Waals surface area (Å²) in [5, 5.41) is 8.15. The van der Waals surface area contributed by atoms with Crippen LogP contribution in [0.25, 0.3) is 0 Å². The predicted molar refractivity (Wildman–Crippen MR) is 73.8 cm³/mol. The SMILES string of the molecule is N=C1c2ccccc2CN1CCc1ccc(F)cc1. The topological polar surface area (TPSA) is 27.1 Å². The van der Waals surface area contributed by atoms with Crippen molar-refractivity contribution in [3.05, 3.63) is 71.0 Å². The Morgan fingerprint density at radius 2 is 1.79 bits per heavy atom. The Morgan fingerprint density at radius 1 is 1.05 bits per heavy atom. The lowest BCUT2D eigenvalue weighted by atomic mass is 10.1. The summed E-state index contributed by atoms with van der Waals surface area (Å²) in [5.41, 5.74) is 3.35. The van der Waals surface area contributed by atoms with Gasteiger partial charge in [-0.1, -0.05) is 36.4 Å². The number of benzene rings is 2. The number of halogens is 1. The molecule has 0 amide bonds. The van der Waals surface area contributed by atoms with Gasteiger partial charge in [0.2, 0.25) is 0 Å². The highest BCUT2D eigenvalue weighted by Crippen LogP contribution is 2.22. The lowest BCUT2D eigenvalue weighted by molar-refractivity contribution is 0.432. The number of hydrogen-bond donors (Lipinski definition) is 1. The summed E-state index contributed by atoms with van der Waals surface area (Å²) in [7, 11) is 0. The Hall–Kier alpha value is -2.16. The minimum absolute atomic E-state index is 0.204. The van der Waals surface area contributed by atoms with Gasteiger partial charge in [0.1, 0.15) is 11.7 Å². The van der Waals surface area contributed by atoms with Crippen LogP contribution in [0.3, 0.4) is 0 Å². The van der Waals surface area contributed by atoms with Gasteiger partial charge in [-0.2, -0.15) is 0 Å². The first kappa shape index (κ1) is 11.9. The molecule has 0 atom stereocenters. The van der Waals surface area contributed by atoms with Crippen molar-refractivity contribution < 1.29 is 4.39 Å². The quantitative estimate of drug-likeness (QED) is 0.894. The Labute approximate surface area is 112 Å². The molecule has 0 bridgehead atoms. The highest BCUT2D eigenvalue weighted by molar-refractivity contribution is 6.00. The van der Waals surface area contributed by atoms with Crippen molar-refractivity contribution in [2.24, 2.45) is 0 Å². The molecule has 1 heterocycles. The van der Waals surface area contributed by atoms with Gasteiger partial charge in [-0.25, -0.2) is 4.39 Å². The van der Waals surface area contributed by atoms with E-state index in [0.29, 0.717) is 5.84 Å². The second-order valence-corrected chi connectivity index (χ2v) is 4.80. The number of fused-ring (bicyclic) bond motifs is 1. The van der Waals surface area contributed by atoms with Gasteiger partial charge in [-0.3, -0.25) is 5.41 Å². The van der Waals surface area contributed by atoms with E-state index >= 15 is 0 Å². The second-order valence-electron chi connectivity index (χ2n) is 4.80. The number of rotatable bonds is 3. The molecule has 0 saturated carbocycles. The van der Waals surface area contributed by atoms with Crippen LogP contribution in [0, 0.1) is 11.2 Å². The minimum Gasteiger partial charge on any atom is -0.352 e. The highest BCUT2D eigenvalue weighted by atomic mass is 19.1. The molecule has 0 radical (unpaired) electrons. The molecule has 0 saturated heterocycles. The van der Waals surface area contributed by atoms with Crippen molar-refractivity contribution in [1.82, 2.24) is 4.90 Å². The van der Waals surface area contributed by atoms with Crippen LogP contribution in [-0.4, -0.2) is 17.3 Å². The lowest BCUT2D eigenvalue weighted by Gasteiger charge is -2.17. The predicted octanol–water partition coefficient (Wildman–Crippen LogP) is 3.21. The zero-order chi connectivity index (χ0) is 13.2. The van der Waals surface area contributed by atoms with Crippen molar-refractivity contribution in [2.45, 2.75) is 13.0 Å². The second kappa shape index (κ2) is 4.84. The zero-order valence-electron chi connectivity index (χ0n) is 10.6. The van der Waals surface area contributed by atoms with Gasteiger partial charge in [0.25, 0.3) is 0 Å². The molecule has 0 unspecified atom stereocenters.